The molecule has 0 saturated carbocycles. The maximum Gasteiger partial charge on any atom is 0.347 e. The van der Waals surface area contributed by atoms with Gasteiger partial charge in [0.05, 0.1) is 11.4 Å². The van der Waals surface area contributed by atoms with Crippen molar-refractivity contribution in [3.05, 3.63) is 33.7 Å². The maximum absolute atomic E-state index is 12.2. The molecule has 1 aromatic carbocycles. The Morgan fingerprint density at radius 3 is 2.21 bits per heavy atom. The Bertz CT molecular complexity index is 839. The highest BCUT2D eigenvalue weighted by Crippen LogP contribution is 2.39. The van der Waals surface area contributed by atoms with E-state index in [1.54, 1.807) is 0 Å². The van der Waals surface area contributed by atoms with Crippen LogP contribution in [-0.4, -0.2) is 32.5 Å². The monoisotopic (exact) mass is 328 g/mol. The Balaban J connectivity index is 2.38. The zero-order chi connectivity index (χ0) is 17.4. The van der Waals surface area contributed by atoms with E-state index in [0.29, 0.717) is 11.9 Å². The smallest absolute Gasteiger partial charge is 0.347 e. The van der Waals surface area contributed by atoms with Gasteiger partial charge in [-0.05, 0) is 31.4 Å². The summed E-state index contributed by atoms with van der Waals surface area (Å²) in [6.45, 7) is 12.0. The van der Waals surface area contributed by atoms with E-state index in [1.807, 2.05) is 19.9 Å². The molecule has 0 N–H and O–H groups in total. The Hall–Kier alpha value is -2.30. The molecule has 0 aliphatic carbocycles. The summed E-state index contributed by atoms with van der Waals surface area (Å²) in [7, 11) is 0. The second-order valence-electron chi connectivity index (χ2n) is 6.49. The normalized spacial score (nSPS) is 14.4. The van der Waals surface area contributed by atoms with E-state index in [1.165, 1.54) is 0 Å². The van der Waals surface area contributed by atoms with Gasteiger partial charge in [0.15, 0.2) is 6.29 Å². The first-order valence-electron chi connectivity index (χ1n) is 8.61. The standard InChI is InChI=1S/C19H24N2O3/c1-5-20-7-8-21(6-2)16-10-17-13(9-15(16)20)18(12(3)4)14(11-22)19(23)24-17/h9-12H,5-8H2,1-4H3. The minimum atomic E-state index is -0.549. The van der Waals surface area contributed by atoms with Gasteiger partial charge in [0.2, 0.25) is 0 Å². The van der Waals surface area contributed by atoms with Gasteiger partial charge in [-0.3, -0.25) is 4.79 Å². The zero-order valence-electron chi connectivity index (χ0n) is 14.8. The van der Waals surface area contributed by atoms with Crippen molar-refractivity contribution < 1.29 is 9.21 Å². The molecule has 0 spiro atoms. The summed E-state index contributed by atoms with van der Waals surface area (Å²) < 4.78 is 5.47. The fourth-order valence-corrected chi connectivity index (χ4v) is 3.64. The van der Waals surface area contributed by atoms with Gasteiger partial charge in [-0.15, -0.1) is 0 Å². The molecular weight excluding hydrogens is 304 g/mol. The SMILES string of the molecule is CCN1CCN(CC)c2cc3c(C(C)C)c(C=O)c(=O)oc3cc21. The second-order valence-corrected chi connectivity index (χ2v) is 6.49. The Kier molecular flexibility index (Phi) is 4.35. The summed E-state index contributed by atoms with van der Waals surface area (Å²) in [4.78, 5) is 28.3. The van der Waals surface area contributed by atoms with Gasteiger partial charge in [-0.1, -0.05) is 13.8 Å². The third kappa shape index (κ3) is 2.48. The van der Waals surface area contributed by atoms with E-state index in [2.05, 4.69) is 29.7 Å². The molecule has 0 saturated heterocycles. The fraction of sp³-hybridized carbons (Fsp3) is 0.474. The van der Waals surface area contributed by atoms with Gasteiger partial charge in [-0.2, -0.15) is 0 Å². The van der Waals surface area contributed by atoms with Crippen LogP contribution in [-0.2, 0) is 0 Å². The summed E-state index contributed by atoms with van der Waals surface area (Å²) in [5, 5.41) is 0.863. The van der Waals surface area contributed by atoms with E-state index >= 15 is 0 Å². The molecule has 1 aromatic heterocycles. The van der Waals surface area contributed by atoms with Gasteiger partial charge in [0.1, 0.15) is 11.1 Å². The number of hydrogen-bond donors (Lipinski definition) is 0. The van der Waals surface area contributed by atoms with Crippen molar-refractivity contribution in [3.63, 3.8) is 0 Å². The van der Waals surface area contributed by atoms with Crippen molar-refractivity contribution in [1.29, 1.82) is 0 Å². The van der Waals surface area contributed by atoms with Crippen LogP contribution < -0.4 is 15.4 Å². The molecule has 0 bridgehead atoms. The summed E-state index contributed by atoms with van der Waals surface area (Å²) in [5.74, 6) is 0.0656. The molecule has 3 rings (SSSR count). The van der Waals surface area contributed by atoms with Crippen molar-refractivity contribution in [1.82, 2.24) is 0 Å². The first-order valence-corrected chi connectivity index (χ1v) is 8.61. The highest BCUT2D eigenvalue weighted by molar-refractivity contribution is 5.95. The summed E-state index contributed by atoms with van der Waals surface area (Å²) in [5.41, 5.74) is 3.17. The zero-order valence-corrected chi connectivity index (χ0v) is 14.8. The van der Waals surface area contributed by atoms with Crippen molar-refractivity contribution in [2.45, 2.75) is 33.6 Å². The van der Waals surface area contributed by atoms with Gasteiger partial charge >= 0.3 is 5.63 Å². The lowest BCUT2D eigenvalue weighted by atomic mass is 9.94. The van der Waals surface area contributed by atoms with E-state index in [4.69, 9.17) is 4.42 Å². The molecule has 128 valence electrons. The third-order valence-electron chi connectivity index (χ3n) is 4.86. The Morgan fingerprint density at radius 1 is 1.12 bits per heavy atom. The molecule has 1 aliphatic heterocycles. The molecule has 0 fully saturated rings. The number of nitrogens with zero attached hydrogens (tertiary/aromatic N) is 2. The maximum atomic E-state index is 12.2. The van der Waals surface area contributed by atoms with Crippen LogP contribution in [0.1, 0.15) is 49.5 Å². The fourth-order valence-electron chi connectivity index (χ4n) is 3.64. The number of rotatable bonds is 4. The number of fused-ring (bicyclic) bond motifs is 2. The van der Waals surface area contributed by atoms with E-state index < -0.39 is 5.63 Å². The largest absolute Gasteiger partial charge is 0.422 e. The number of carbonyl (C=O) groups excluding carboxylic acids is 1. The molecule has 0 atom stereocenters. The second kappa shape index (κ2) is 6.30. The molecule has 0 unspecified atom stereocenters. The van der Waals surface area contributed by atoms with Gasteiger partial charge < -0.3 is 14.2 Å². The quantitative estimate of drug-likeness (QED) is 0.636. The van der Waals surface area contributed by atoms with Gasteiger partial charge in [0, 0.05) is 37.6 Å². The Labute approximate surface area is 141 Å². The molecule has 2 aromatic rings. The minimum absolute atomic E-state index is 0.0656. The van der Waals surface area contributed by atoms with E-state index in [9.17, 15) is 9.59 Å². The van der Waals surface area contributed by atoms with Gasteiger partial charge in [0.25, 0.3) is 0 Å². The molecule has 0 radical (unpaired) electrons. The number of anilines is 2. The van der Waals surface area contributed by atoms with Crippen molar-refractivity contribution in [3.8, 4) is 0 Å². The lowest BCUT2D eigenvalue weighted by Crippen LogP contribution is -2.40. The number of hydrogen-bond acceptors (Lipinski definition) is 5. The average Bonchev–Trinajstić information content (AvgIpc) is 2.57. The molecule has 0 amide bonds. The van der Waals surface area contributed by atoms with Crippen LogP contribution >= 0.6 is 0 Å². The third-order valence-corrected chi connectivity index (χ3v) is 4.86. The lowest BCUT2D eigenvalue weighted by molar-refractivity contribution is 0.111. The summed E-state index contributed by atoms with van der Waals surface area (Å²) in [6, 6.07) is 4.04. The number of carbonyl (C=O) groups is 1. The van der Waals surface area contributed by atoms with Crippen LogP contribution in [0, 0.1) is 0 Å². The predicted octanol–water partition coefficient (Wildman–Crippen LogP) is 3.40. The van der Waals surface area contributed by atoms with Crippen LogP contribution in [0.2, 0.25) is 0 Å². The van der Waals surface area contributed by atoms with Crippen LogP contribution in [0.5, 0.6) is 0 Å². The van der Waals surface area contributed by atoms with Crippen molar-refractivity contribution in [2.24, 2.45) is 0 Å². The average molecular weight is 328 g/mol. The first kappa shape index (κ1) is 16.6. The molecule has 5 heteroatoms. The van der Waals surface area contributed by atoms with Crippen molar-refractivity contribution >= 4 is 28.6 Å². The topological polar surface area (TPSA) is 53.8 Å². The summed E-state index contributed by atoms with van der Waals surface area (Å²) in [6.07, 6.45) is 0.621. The highest BCUT2D eigenvalue weighted by atomic mass is 16.4. The minimum Gasteiger partial charge on any atom is -0.422 e. The molecule has 5 nitrogen and oxygen atoms in total. The Morgan fingerprint density at radius 2 is 1.71 bits per heavy atom. The number of likely N-dealkylation sites (N-methyl/N-ethyl adjacent to an activating group) is 2. The van der Waals surface area contributed by atoms with E-state index in [-0.39, 0.29) is 11.5 Å². The number of benzene rings is 1. The van der Waals surface area contributed by atoms with Crippen LogP contribution in [0.25, 0.3) is 11.0 Å². The van der Waals surface area contributed by atoms with Crippen LogP contribution in [0.4, 0.5) is 11.4 Å². The van der Waals surface area contributed by atoms with Gasteiger partial charge in [-0.25, -0.2) is 4.79 Å². The predicted molar refractivity (Wildman–Crippen MR) is 97.7 cm³/mol. The first-order chi connectivity index (χ1) is 11.5. The molecule has 2 heterocycles. The van der Waals surface area contributed by atoms with Crippen LogP contribution in [0.3, 0.4) is 0 Å². The lowest BCUT2D eigenvalue weighted by Gasteiger charge is -2.38. The van der Waals surface area contributed by atoms with Crippen LogP contribution in [0.15, 0.2) is 21.3 Å². The number of aldehydes is 1. The van der Waals surface area contributed by atoms with Crippen molar-refractivity contribution in [2.75, 3.05) is 36.0 Å². The van der Waals surface area contributed by atoms with E-state index in [0.717, 1.165) is 48.5 Å². The highest BCUT2D eigenvalue weighted by Gasteiger charge is 2.25. The molecule has 24 heavy (non-hydrogen) atoms. The molecular formula is C19H24N2O3. The summed E-state index contributed by atoms with van der Waals surface area (Å²) >= 11 is 0. The molecule has 1 aliphatic rings.